The molecule has 2 saturated heterocycles. The van der Waals surface area contributed by atoms with Crippen molar-refractivity contribution in [3.8, 4) is 5.75 Å². The van der Waals surface area contributed by atoms with E-state index in [9.17, 15) is 0 Å². The Morgan fingerprint density at radius 3 is 2.86 bits per heavy atom. The van der Waals surface area contributed by atoms with Crippen molar-refractivity contribution in [3.63, 3.8) is 0 Å². The highest BCUT2D eigenvalue weighted by molar-refractivity contribution is 5.20. The molecular formula is C18H28N2O. The van der Waals surface area contributed by atoms with Crippen molar-refractivity contribution in [2.75, 3.05) is 32.8 Å². The molecule has 3 heteroatoms. The van der Waals surface area contributed by atoms with E-state index in [1.807, 2.05) is 30.3 Å². The van der Waals surface area contributed by atoms with Crippen LogP contribution in [-0.2, 0) is 0 Å². The van der Waals surface area contributed by atoms with E-state index in [1.165, 1.54) is 51.9 Å². The topological polar surface area (TPSA) is 24.5 Å². The Kier molecular flexibility index (Phi) is 5.53. The van der Waals surface area contributed by atoms with Gasteiger partial charge in [-0.25, -0.2) is 0 Å². The molecule has 1 aromatic rings. The Labute approximate surface area is 128 Å². The van der Waals surface area contributed by atoms with Crippen molar-refractivity contribution in [2.24, 2.45) is 5.92 Å². The molecule has 2 heterocycles. The van der Waals surface area contributed by atoms with E-state index in [2.05, 4.69) is 10.2 Å². The summed E-state index contributed by atoms with van der Waals surface area (Å²) >= 11 is 0. The van der Waals surface area contributed by atoms with Crippen LogP contribution in [0.4, 0.5) is 0 Å². The van der Waals surface area contributed by atoms with Gasteiger partial charge in [0.25, 0.3) is 0 Å². The third-order valence-corrected chi connectivity index (χ3v) is 4.84. The number of ether oxygens (including phenoxy) is 1. The zero-order chi connectivity index (χ0) is 14.3. The molecule has 21 heavy (non-hydrogen) atoms. The van der Waals surface area contributed by atoms with Crippen molar-refractivity contribution in [2.45, 2.75) is 38.1 Å². The Balaban J connectivity index is 1.35. The number of benzene rings is 1. The third kappa shape index (κ3) is 4.45. The molecule has 0 bridgehead atoms. The Hall–Kier alpha value is -1.06. The summed E-state index contributed by atoms with van der Waals surface area (Å²) in [7, 11) is 0. The van der Waals surface area contributed by atoms with Crippen LogP contribution in [0.1, 0.15) is 32.1 Å². The van der Waals surface area contributed by atoms with Crippen molar-refractivity contribution < 1.29 is 4.74 Å². The molecule has 0 saturated carbocycles. The number of hydrogen-bond donors (Lipinski definition) is 1. The van der Waals surface area contributed by atoms with Gasteiger partial charge in [-0.05, 0) is 63.2 Å². The van der Waals surface area contributed by atoms with Gasteiger partial charge in [-0.2, -0.15) is 0 Å². The highest BCUT2D eigenvalue weighted by Gasteiger charge is 2.28. The normalized spacial score (nSPS) is 26.9. The fourth-order valence-corrected chi connectivity index (χ4v) is 3.73. The van der Waals surface area contributed by atoms with Crippen LogP contribution in [0.3, 0.4) is 0 Å². The molecule has 2 aliphatic heterocycles. The van der Waals surface area contributed by atoms with E-state index in [1.54, 1.807) is 0 Å². The van der Waals surface area contributed by atoms with Gasteiger partial charge in [0, 0.05) is 19.1 Å². The first kappa shape index (κ1) is 14.9. The number of likely N-dealkylation sites (tertiary alicyclic amines) is 1. The Bertz CT molecular complexity index is 403. The number of rotatable bonds is 6. The zero-order valence-electron chi connectivity index (χ0n) is 13.0. The molecule has 0 spiro atoms. The summed E-state index contributed by atoms with van der Waals surface area (Å²) in [5, 5.41) is 3.68. The summed E-state index contributed by atoms with van der Waals surface area (Å²) in [6.45, 7) is 5.78. The summed E-state index contributed by atoms with van der Waals surface area (Å²) in [5.74, 6) is 1.86. The predicted octanol–water partition coefficient (Wildman–Crippen LogP) is 2.92. The van der Waals surface area contributed by atoms with Crippen LogP contribution in [0.2, 0.25) is 0 Å². The molecule has 0 aliphatic carbocycles. The quantitative estimate of drug-likeness (QED) is 0.815. The van der Waals surface area contributed by atoms with E-state index in [0.29, 0.717) is 0 Å². The molecule has 1 aromatic carbocycles. The Morgan fingerprint density at radius 1 is 1.14 bits per heavy atom. The number of para-hydroxylation sites is 1. The smallest absolute Gasteiger partial charge is 0.119 e. The molecular weight excluding hydrogens is 260 g/mol. The van der Waals surface area contributed by atoms with Crippen LogP contribution in [0.25, 0.3) is 0 Å². The molecule has 3 nitrogen and oxygen atoms in total. The van der Waals surface area contributed by atoms with Gasteiger partial charge >= 0.3 is 0 Å². The molecule has 2 atom stereocenters. The SMILES string of the molecule is c1ccc(OCCCN2CCCC(C3CCCN3)C2)cc1. The monoisotopic (exact) mass is 288 g/mol. The fraction of sp³-hybridized carbons (Fsp3) is 0.667. The van der Waals surface area contributed by atoms with Gasteiger partial charge in [-0.15, -0.1) is 0 Å². The second-order valence-corrected chi connectivity index (χ2v) is 6.42. The van der Waals surface area contributed by atoms with Gasteiger partial charge in [0.1, 0.15) is 5.75 Å². The molecule has 0 amide bonds. The minimum absolute atomic E-state index is 0.786. The lowest BCUT2D eigenvalue weighted by molar-refractivity contribution is 0.143. The van der Waals surface area contributed by atoms with Gasteiger partial charge in [0.2, 0.25) is 0 Å². The summed E-state index contributed by atoms with van der Waals surface area (Å²) in [6, 6.07) is 10.9. The van der Waals surface area contributed by atoms with E-state index in [0.717, 1.165) is 30.7 Å². The first-order valence-electron chi connectivity index (χ1n) is 8.55. The van der Waals surface area contributed by atoms with Crippen LogP contribution >= 0.6 is 0 Å². The zero-order valence-corrected chi connectivity index (χ0v) is 13.0. The average Bonchev–Trinajstić information content (AvgIpc) is 3.07. The number of nitrogens with zero attached hydrogens (tertiary/aromatic N) is 1. The first-order chi connectivity index (χ1) is 10.4. The number of piperidine rings is 1. The van der Waals surface area contributed by atoms with E-state index in [4.69, 9.17) is 4.74 Å². The highest BCUT2D eigenvalue weighted by atomic mass is 16.5. The second kappa shape index (κ2) is 7.81. The maximum atomic E-state index is 5.78. The summed E-state index contributed by atoms with van der Waals surface area (Å²) in [5.41, 5.74) is 0. The van der Waals surface area contributed by atoms with Crippen LogP contribution in [0, 0.1) is 5.92 Å². The fourth-order valence-electron chi connectivity index (χ4n) is 3.73. The van der Waals surface area contributed by atoms with Crippen molar-refractivity contribution in [3.05, 3.63) is 30.3 Å². The van der Waals surface area contributed by atoms with E-state index in [-0.39, 0.29) is 0 Å². The van der Waals surface area contributed by atoms with E-state index >= 15 is 0 Å². The summed E-state index contributed by atoms with van der Waals surface area (Å²) in [4.78, 5) is 2.64. The van der Waals surface area contributed by atoms with Crippen molar-refractivity contribution in [1.29, 1.82) is 0 Å². The predicted molar refractivity (Wildman–Crippen MR) is 86.7 cm³/mol. The molecule has 0 radical (unpaired) electrons. The van der Waals surface area contributed by atoms with E-state index < -0.39 is 0 Å². The minimum atomic E-state index is 0.786. The minimum Gasteiger partial charge on any atom is -0.494 e. The number of nitrogens with one attached hydrogen (secondary N) is 1. The Morgan fingerprint density at radius 2 is 2.05 bits per heavy atom. The molecule has 2 unspecified atom stereocenters. The summed E-state index contributed by atoms with van der Waals surface area (Å²) < 4.78 is 5.78. The van der Waals surface area contributed by atoms with Crippen molar-refractivity contribution >= 4 is 0 Å². The van der Waals surface area contributed by atoms with Crippen LogP contribution in [-0.4, -0.2) is 43.7 Å². The third-order valence-electron chi connectivity index (χ3n) is 4.84. The summed E-state index contributed by atoms with van der Waals surface area (Å²) in [6.07, 6.45) is 6.65. The van der Waals surface area contributed by atoms with Gasteiger partial charge in [0.05, 0.1) is 6.61 Å². The molecule has 116 valence electrons. The largest absolute Gasteiger partial charge is 0.494 e. The maximum Gasteiger partial charge on any atom is 0.119 e. The standard InChI is InChI=1S/C18H28N2O/c1-2-8-17(9-3-1)21-14-6-13-20-12-5-7-16(15-20)18-10-4-11-19-18/h1-3,8-9,16,18-19H,4-7,10-15H2. The first-order valence-corrected chi connectivity index (χ1v) is 8.55. The average molecular weight is 288 g/mol. The molecule has 1 N–H and O–H groups in total. The van der Waals surface area contributed by atoms with Gasteiger partial charge < -0.3 is 15.0 Å². The number of hydrogen-bond acceptors (Lipinski definition) is 3. The molecule has 2 aliphatic rings. The van der Waals surface area contributed by atoms with Crippen LogP contribution in [0.15, 0.2) is 30.3 Å². The van der Waals surface area contributed by atoms with Gasteiger partial charge in [-0.1, -0.05) is 18.2 Å². The highest BCUT2D eigenvalue weighted by Crippen LogP contribution is 2.24. The molecule has 2 fully saturated rings. The lowest BCUT2D eigenvalue weighted by Gasteiger charge is -2.35. The molecule has 0 aromatic heterocycles. The van der Waals surface area contributed by atoms with Gasteiger partial charge in [-0.3, -0.25) is 0 Å². The lowest BCUT2D eigenvalue weighted by atomic mass is 9.90. The van der Waals surface area contributed by atoms with Crippen LogP contribution in [0.5, 0.6) is 5.75 Å². The van der Waals surface area contributed by atoms with Crippen LogP contribution < -0.4 is 10.1 Å². The maximum absolute atomic E-state index is 5.78. The second-order valence-electron chi connectivity index (χ2n) is 6.42. The lowest BCUT2D eigenvalue weighted by Crippen LogP contribution is -2.43. The van der Waals surface area contributed by atoms with Gasteiger partial charge in [0.15, 0.2) is 0 Å². The van der Waals surface area contributed by atoms with Crippen molar-refractivity contribution in [1.82, 2.24) is 10.2 Å². The molecule has 3 rings (SSSR count).